The van der Waals surface area contributed by atoms with Crippen LogP contribution in [-0.4, -0.2) is 43.0 Å². The summed E-state index contributed by atoms with van der Waals surface area (Å²) in [5, 5.41) is 0. The third-order valence-electron chi connectivity index (χ3n) is 2.74. The van der Waals surface area contributed by atoms with E-state index in [0.717, 1.165) is 25.8 Å². The molecular formula is C13H27N2O4P. The summed E-state index contributed by atoms with van der Waals surface area (Å²) in [7, 11) is -1.65. The highest BCUT2D eigenvalue weighted by Gasteiger charge is 2.36. The lowest BCUT2D eigenvalue weighted by molar-refractivity contribution is -0.0455. The summed E-state index contributed by atoms with van der Waals surface area (Å²) in [6.07, 6.45) is 5.89. The van der Waals surface area contributed by atoms with E-state index >= 15 is 0 Å². The number of phosphoric acid groups is 1. The van der Waals surface area contributed by atoms with Crippen LogP contribution in [0.1, 0.15) is 40.0 Å². The van der Waals surface area contributed by atoms with Gasteiger partial charge in [-0.2, -0.15) is 0 Å². The van der Waals surface area contributed by atoms with Crippen molar-refractivity contribution in [2.45, 2.75) is 46.4 Å². The van der Waals surface area contributed by atoms with Gasteiger partial charge in [-0.05, 0) is 19.3 Å². The quantitative estimate of drug-likeness (QED) is 0.577. The van der Waals surface area contributed by atoms with E-state index in [1.165, 1.54) is 0 Å². The predicted molar refractivity (Wildman–Crippen MR) is 78.9 cm³/mol. The first kappa shape index (κ1) is 17.5. The Labute approximate surface area is 122 Å². The van der Waals surface area contributed by atoms with E-state index in [1.54, 1.807) is 0 Å². The second-order valence-electron chi connectivity index (χ2n) is 4.75. The van der Waals surface area contributed by atoms with Gasteiger partial charge in [0.15, 0.2) is 0 Å². The van der Waals surface area contributed by atoms with Crippen molar-refractivity contribution in [3.05, 3.63) is 12.4 Å². The minimum Gasteiger partial charge on any atom is -0.337 e. The molecule has 0 bridgehead atoms. The summed E-state index contributed by atoms with van der Waals surface area (Å²) in [5.74, 6) is 0. The molecule has 1 rings (SSSR count). The molecule has 0 amide bonds. The Kier molecular flexibility index (Phi) is 7.59. The molecule has 1 heterocycles. The van der Waals surface area contributed by atoms with Gasteiger partial charge in [0.2, 0.25) is 6.35 Å². The molecule has 1 atom stereocenters. The van der Waals surface area contributed by atoms with Crippen LogP contribution >= 0.6 is 7.82 Å². The van der Waals surface area contributed by atoms with E-state index in [4.69, 9.17) is 13.6 Å². The van der Waals surface area contributed by atoms with Crippen molar-refractivity contribution >= 4 is 7.82 Å². The lowest BCUT2D eigenvalue weighted by Gasteiger charge is -2.32. The first-order valence-electron chi connectivity index (χ1n) is 7.29. The van der Waals surface area contributed by atoms with E-state index in [1.807, 2.05) is 43.1 Å². The third-order valence-corrected chi connectivity index (χ3v) is 4.18. The molecule has 0 aromatic heterocycles. The molecule has 0 N–H and O–H groups in total. The highest BCUT2D eigenvalue weighted by atomic mass is 31.2. The number of nitrogens with zero attached hydrogens (tertiary/aromatic N) is 2. The van der Waals surface area contributed by atoms with Crippen LogP contribution in [0, 0.1) is 0 Å². The topological polar surface area (TPSA) is 51.2 Å². The van der Waals surface area contributed by atoms with E-state index in [0.29, 0.717) is 13.2 Å². The first-order chi connectivity index (χ1) is 9.56. The Morgan fingerprint density at radius 1 is 1.05 bits per heavy atom. The van der Waals surface area contributed by atoms with E-state index in [-0.39, 0.29) is 0 Å². The number of phosphoric ester groups is 1. The van der Waals surface area contributed by atoms with E-state index < -0.39 is 14.2 Å². The van der Waals surface area contributed by atoms with Crippen molar-refractivity contribution in [2.75, 3.05) is 26.8 Å². The molecule has 0 saturated heterocycles. The zero-order chi connectivity index (χ0) is 15.0. The van der Waals surface area contributed by atoms with Gasteiger partial charge < -0.3 is 9.80 Å². The monoisotopic (exact) mass is 306 g/mol. The van der Waals surface area contributed by atoms with Gasteiger partial charge in [-0.15, -0.1) is 0 Å². The first-order valence-corrected chi connectivity index (χ1v) is 8.75. The van der Waals surface area contributed by atoms with Crippen LogP contribution in [0.3, 0.4) is 0 Å². The van der Waals surface area contributed by atoms with Crippen LogP contribution in [0.4, 0.5) is 0 Å². The second-order valence-corrected chi connectivity index (χ2v) is 6.37. The zero-order valence-electron chi connectivity index (χ0n) is 12.9. The van der Waals surface area contributed by atoms with Gasteiger partial charge in [0.25, 0.3) is 0 Å². The van der Waals surface area contributed by atoms with Gasteiger partial charge in [0.1, 0.15) is 0 Å². The Morgan fingerprint density at radius 2 is 1.65 bits per heavy atom. The average molecular weight is 306 g/mol. The van der Waals surface area contributed by atoms with Gasteiger partial charge in [0, 0.05) is 26.0 Å². The molecule has 0 spiro atoms. The third kappa shape index (κ3) is 5.09. The second kappa shape index (κ2) is 8.67. The maximum atomic E-state index is 12.6. The van der Waals surface area contributed by atoms with Gasteiger partial charge in [-0.25, -0.2) is 9.09 Å². The van der Waals surface area contributed by atoms with Crippen molar-refractivity contribution in [2.24, 2.45) is 0 Å². The summed E-state index contributed by atoms with van der Waals surface area (Å²) in [4.78, 5) is 3.84. The van der Waals surface area contributed by atoms with Crippen molar-refractivity contribution in [3.8, 4) is 0 Å². The van der Waals surface area contributed by atoms with Crippen molar-refractivity contribution in [3.63, 3.8) is 0 Å². The molecule has 20 heavy (non-hydrogen) atoms. The lowest BCUT2D eigenvalue weighted by atomic mass is 10.4. The molecule has 0 aromatic carbocycles. The fourth-order valence-corrected chi connectivity index (χ4v) is 3.28. The standard InChI is InChI=1S/C13H27N2O4P/c1-5-8-15-10-9-14(4)13(15)19-20(16,17-11-6-2)18-12-7-3/h9-10,13H,5-8,11-12H2,1-4H3. The van der Waals surface area contributed by atoms with Crippen LogP contribution in [0.15, 0.2) is 12.4 Å². The molecule has 6 nitrogen and oxygen atoms in total. The molecule has 0 fully saturated rings. The molecule has 0 aromatic rings. The minimum atomic E-state index is -3.52. The normalized spacial score (nSPS) is 19.1. The molecule has 1 aliphatic rings. The number of hydrogen-bond donors (Lipinski definition) is 0. The predicted octanol–water partition coefficient (Wildman–Crippen LogP) is 3.38. The number of rotatable bonds is 10. The largest absolute Gasteiger partial charge is 0.478 e. The summed E-state index contributed by atoms with van der Waals surface area (Å²) in [6.45, 7) is 7.54. The molecule has 1 unspecified atom stereocenters. The summed E-state index contributed by atoms with van der Waals surface area (Å²) in [6, 6.07) is 0. The molecule has 0 aliphatic carbocycles. The molecular weight excluding hydrogens is 279 g/mol. The SMILES string of the molecule is CCCOP(=O)(OCCC)OC1N(C)C=CN1CCC. The Hall–Kier alpha value is -0.550. The maximum Gasteiger partial charge on any atom is 0.478 e. The number of hydrogen-bond acceptors (Lipinski definition) is 6. The highest BCUT2D eigenvalue weighted by molar-refractivity contribution is 7.48. The Morgan fingerprint density at radius 3 is 2.15 bits per heavy atom. The smallest absolute Gasteiger partial charge is 0.337 e. The molecule has 7 heteroatoms. The average Bonchev–Trinajstić information content (AvgIpc) is 2.76. The van der Waals surface area contributed by atoms with Crippen LogP contribution < -0.4 is 0 Å². The van der Waals surface area contributed by atoms with E-state index in [2.05, 4.69) is 6.92 Å². The lowest BCUT2D eigenvalue weighted by Crippen LogP contribution is -2.38. The molecule has 118 valence electrons. The Bertz CT molecular complexity index is 339. The fourth-order valence-electron chi connectivity index (χ4n) is 1.77. The zero-order valence-corrected chi connectivity index (χ0v) is 13.8. The van der Waals surface area contributed by atoms with Crippen LogP contribution in [0.25, 0.3) is 0 Å². The maximum absolute atomic E-state index is 12.6. The van der Waals surface area contributed by atoms with Gasteiger partial charge in [-0.1, -0.05) is 20.8 Å². The molecule has 0 radical (unpaired) electrons. The van der Waals surface area contributed by atoms with Gasteiger partial charge in [-0.3, -0.25) is 9.05 Å². The van der Waals surface area contributed by atoms with E-state index in [9.17, 15) is 4.57 Å². The molecule has 0 saturated carbocycles. The van der Waals surface area contributed by atoms with Crippen molar-refractivity contribution in [1.82, 2.24) is 9.80 Å². The van der Waals surface area contributed by atoms with Crippen LogP contribution in [-0.2, 0) is 18.1 Å². The van der Waals surface area contributed by atoms with Crippen LogP contribution in [0.2, 0.25) is 0 Å². The summed E-state index contributed by atoms with van der Waals surface area (Å²) >= 11 is 0. The highest BCUT2D eigenvalue weighted by Crippen LogP contribution is 2.51. The summed E-state index contributed by atoms with van der Waals surface area (Å²) in [5.41, 5.74) is 0. The summed E-state index contributed by atoms with van der Waals surface area (Å²) < 4.78 is 29.0. The van der Waals surface area contributed by atoms with Gasteiger partial charge >= 0.3 is 7.82 Å². The Balaban J connectivity index is 2.69. The van der Waals surface area contributed by atoms with Gasteiger partial charge in [0.05, 0.1) is 13.2 Å². The van der Waals surface area contributed by atoms with Crippen molar-refractivity contribution in [1.29, 1.82) is 0 Å². The van der Waals surface area contributed by atoms with Crippen molar-refractivity contribution < 1.29 is 18.1 Å². The van der Waals surface area contributed by atoms with Crippen LogP contribution in [0.5, 0.6) is 0 Å². The fraction of sp³-hybridized carbons (Fsp3) is 0.846. The minimum absolute atomic E-state index is 0.360. The molecule has 1 aliphatic heterocycles.